The first-order chi connectivity index (χ1) is 12.5. The second-order valence-electron chi connectivity index (χ2n) is 7.26. The summed E-state index contributed by atoms with van der Waals surface area (Å²) in [6, 6.07) is 12.5. The first-order valence-electron chi connectivity index (χ1n) is 8.57. The van der Waals surface area contributed by atoms with E-state index in [1.807, 2.05) is 6.92 Å². The number of rotatable bonds is 5. The maximum atomic E-state index is 12.6. The van der Waals surface area contributed by atoms with Crippen molar-refractivity contribution >= 4 is 16.2 Å². The zero-order valence-electron chi connectivity index (χ0n) is 16.1. The molecule has 0 radical (unpaired) electrons. The minimum Gasteiger partial charge on any atom is -0.444 e. The number of ether oxygens (including phenoxy) is 1. The summed E-state index contributed by atoms with van der Waals surface area (Å²) in [5, 5.41) is 2.69. The summed E-state index contributed by atoms with van der Waals surface area (Å²) < 4.78 is 35.7. The average molecular weight is 391 g/mol. The lowest BCUT2D eigenvalue weighted by Crippen LogP contribution is -2.34. The minimum atomic E-state index is -3.99. The Morgan fingerprint density at radius 1 is 1.04 bits per heavy atom. The molecular weight excluding hydrogens is 366 g/mol. The summed E-state index contributed by atoms with van der Waals surface area (Å²) >= 11 is 0. The molecule has 1 amide bonds. The molecule has 6 nitrogen and oxygen atoms in total. The van der Waals surface area contributed by atoms with Gasteiger partial charge in [0.15, 0.2) is 0 Å². The molecule has 0 spiro atoms. The summed E-state index contributed by atoms with van der Waals surface area (Å²) in [6.07, 6.45) is -0.591. The van der Waals surface area contributed by atoms with E-state index in [2.05, 4.69) is 5.32 Å². The molecule has 0 aliphatic heterocycles. The fourth-order valence-electron chi connectivity index (χ4n) is 2.35. The van der Waals surface area contributed by atoms with Gasteiger partial charge in [-0.3, -0.25) is 0 Å². The van der Waals surface area contributed by atoms with E-state index in [0.29, 0.717) is 5.56 Å². The zero-order chi connectivity index (χ0) is 20.2. The summed E-state index contributed by atoms with van der Waals surface area (Å²) in [5.41, 5.74) is 0.845. The number of amides is 1. The smallest absolute Gasteiger partial charge is 0.408 e. The highest BCUT2D eigenvalue weighted by Crippen LogP contribution is 2.28. The lowest BCUT2D eigenvalue weighted by molar-refractivity contribution is 0.0508. The van der Waals surface area contributed by atoms with Gasteiger partial charge in [-0.25, -0.2) is 4.79 Å². The monoisotopic (exact) mass is 391 g/mol. The van der Waals surface area contributed by atoms with Gasteiger partial charge in [-0.05, 0) is 52.8 Å². The normalized spacial score (nSPS) is 12.9. The molecule has 7 heteroatoms. The number of aryl methyl sites for hydroxylation is 1. The third kappa shape index (κ3) is 5.99. The van der Waals surface area contributed by atoms with Gasteiger partial charge in [-0.2, -0.15) is 8.42 Å². The standard InChI is InChI=1S/C20H25NO5S/c1-14-10-12-16(13-11-14)27(23,24)26-18-9-7-6-8-17(18)15(2)21-19(22)25-20(3,4)5/h6-13,15H,1-5H3,(H,21,22)/t15-/m0/s1. The molecule has 0 aliphatic carbocycles. The van der Waals surface area contributed by atoms with Crippen LogP contribution in [-0.2, 0) is 14.9 Å². The van der Waals surface area contributed by atoms with Crippen molar-refractivity contribution in [1.29, 1.82) is 0 Å². The van der Waals surface area contributed by atoms with Crippen molar-refractivity contribution in [1.82, 2.24) is 5.32 Å². The van der Waals surface area contributed by atoms with Crippen LogP contribution in [0.25, 0.3) is 0 Å². The molecule has 0 fully saturated rings. The molecular formula is C20H25NO5S. The number of benzene rings is 2. The molecule has 146 valence electrons. The number of para-hydroxylation sites is 1. The van der Waals surface area contributed by atoms with Gasteiger partial charge in [0.25, 0.3) is 0 Å². The minimum absolute atomic E-state index is 0.0654. The molecule has 0 bridgehead atoms. The van der Waals surface area contributed by atoms with Gasteiger partial charge in [0.2, 0.25) is 0 Å². The van der Waals surface area contributed by atoms with Crippen molar-refractivity contribution in [2.24, 2.45) is 0 Å². The highest BCUT2D eigenvalue weighted by atomic mass is 32.2. The average Bonchev–Trinajstić information content (AvgIpc) is 2.53. The molecule has 0 saturated heterocycles. The maximum Gasteiger partial charge on any atom is 0.408 e. The van der Waals surface area contributed by atoms with Gasteiger partial charge in [0.05, 0.1) is 6.04 Å². The van der Waals surface area contributed by atoms with Crippen molar-refractivity contribution in [3.63, 3.8) is 0 Å². The summed E-state index contributed by atoms with van der Waals surface area (Å²) in [6.45, 7) is 8.90. The summed E-state index contributed by atoms with van der Waals surface area (Å²) in [5.74, 6) is 0.154. The van der Waals surface area contributed by atoms with Crippen molar-refractivity contribution in [3.8, 4) is 5.75 Å². The van der Waals surface area contributed by atoms with Crippen LogP contribution in [-0.4, -0.2) is 20.1 Å². The maximum absolute atomic E-state index is 12.6. The summed E-state index contributed by atoms with van der Waals surface area (Å²) in [7, 11) is -3.99. The molecule has 0 aromatic heterocycles. The quantitative estimate of drug-likeness (QED) is 0.767. The second kappa shape index (κ2) is 8.00. The van der Waals surface area contributed by atoms with E-state index in [9.17, 15) is 13.2 Å². The Labute approximate surface area is 160 Å². The van der Waals surface area contributed by atoms with Gasteiger partial charge < -0.3 is 14.2 Å². The Balaban J connectivity index is 2.22. The number of alkyl carbamates (subject to hydrolysis) is 1. The zero-order valence-corrected chi connectivity index (χ0v) is 17.0. The number of hydrogen-bond donors (Lipinski definition) is 1. The molecule has 2 rings (SSSR count). The van der Waals surface area contributed by atoms with Gasteiger partial charge in [0.1, 0.15) is 16.2 Å². The van der Waals surface area contributed by atoms with Crippen LogP contribution >= 0.6 is 0 Å². The van der Waals surface area contributed by atoms with E-state index < -0.39 is 27.9 Å². The topological polar surface area (TPSA) is 81.7 Å². The molecule has 2 aromatic rings. The van der Waals surface area contributed by atoms with Crippen LogP contribution < -0.4 is 9.50 Å². The highest BCUT2D eigenvalue weighted by molar-refractivity contribution is 7.87. The Bertz CT molecular complexity index is 899. The van der Waals surface area contributed by atoms with Crippen LogP contribution in [0.4, 0.5) is 4.79 Å². The lowest BCUT2D eigenvalue weighted by atomic mass is 10.1. The van der Waals surface area contributed by atoms with Gasteiger partial charge >= 0.3 is 16.2 Å². The molecule has 0 unspecified atom stereocenters. The Morgan fingerprint density at radius 3 is 2.22 bits per heavy atom. The molecule has 1 atom stereocenters. The van der Waals surface area contributed by atoms with Crippen molar-refractivity contribution < 1.29 is 22.1 Å². The van der Waals surface area contributed by atoms with Gasteiger partial charge in [0, 0.05) is 5.56 Å². The van der Waals surface area contributed by atoms with E-state index >= 15 is 0 Å². The predicted octanol–water partition coefficient (Wildman–Crippen LogP) is 4.35. The summed E-state index contributed by atoms with van der Waals surface area (Å²) in [4.78, 5) is 12.1. The Hall–Kier alpha value is -2.54. The highest BCUT2D eigenvalue weighted by Gasteiger charge is 2.23. The fourth-order valence-corrected chi connectivity index (χ4v) is 3.30. The van der Waals surface area contributed by atoms with Crippen LogP contribution in [0.3, 0.4) is 0 Å². The van der Waals surface area contributed by atoms with E-state index in [1.165, 1.54) is 12.1 Å². The van der Waals surface area contributed by atoms with Crippen molar-refractivity contribution in [3.05, 3.63) is 59.7 Å². The van der Waals surface area contributed by atoms with Crippen LogP contribution in [0.15, 0.2) is 53.4 Å². The molecule has 27 heavy (non-hydrogen) atoms. The van der Waals surface area contributed by atoms with Crippen LogP contribution in [0.1, 0.15) is 44.9 Å². The first-order valence-corrected chi connectivity index (χ1v) is 9.98. The van der Waals surface area contributed by atoms with Crippen LogP contribution in [0, 0.1) is 6.92 Å². The van der Waals surface area contributed by atoms with E-state index in [1.54, 1.807) is 64.1 Å². The number of hydrogen-bond acceptors (Lipinski definition) is 5. The first kappa shape index (κ1) is 20.8. The largest absolute Gasteiger partial charge is 0.444 e. The molecule has 0 saturated carbocycles. The number of carbonyl (C=O) groups excluding carboxylic acids is 1. The number of carbonyl (C=O) groups is 1. The third-order valence-corrected chi connectivity index (χ3v) is 4.88. The molecule has 0 heterocycles. The fraction of sp³-hybridized carbons (Fsp3) is 0.350. The molecule has 1 N–H and O–H groups in total. The van der Waals surface area contributed by atoms with Crippen LogP contribution in [0.5, 0.6) is 5.75 Å². The molecule has 2 aromatic carbocycles. The van der Waals surface area contributed by atoms with E-state index in [-0.39, 0.29) is 10.6 Å². The second-order valence-corrected chi connectivity index (χ2v) is 8.80. The SMILES string of the molecule is Cc1ccc(S(=O)(=O)Oc2ccccc2[C@H](C)NC(=O)OC(C)(C)C)cc1. The van der Waals surface area contributed by atoms with Crippen LogP contribution in [0.2, 0.25) is 0 Å². The van der Waals surface area contributed by atoms with Gasteiger partial charge in [-0.1, -0.05) is 35.9 Å². The van der Waals surface area contributed by atoms with Crippen molar-refractivity contribution in [2.75, 3.05) is 0 Å². The Kier molecular flexibility index (Phi) is 6.15. The predicted molar refractivity (Wildman–Crippen MR) is 103 cm³/mol. The number of nitrogens with one attached hydrogen (secondary N) is 1. The third-order valence-electron chi connectivity index (χ3n) is 3.63. The van der Waals surface area contributed by atoms with Gasteiger partial charge in [-0.15, -0.1) is 0 Å². The molecule has 0 aliphatic rings. The van der Waals surface area contributed by atoms with E-state index in [0.717, 1.165) is 5.56 Å². The van der Waals surface area contributed by atoms with Crippen molar-refractivity contribution in [2.45, 2.75) is 51.2 Å². The Morgan fingerprint density at radius 2 is 1.63 bits per heavy atom. The van der Waals surface area contributed by atoms with E-state index in [4.69, 9.17) is 8.92 Å². The lowest BCUT2D eigenvalue weighted by Gasteiger charge is -2.23.